The number of aliphatic carboxylic acids is 1. The van der Waals surface area contributed by atoms with Crippen molar-refractivity contribution in [3.8, 4) is 0 Å². The van der Waals surface area contributed by atoms with Gasteiger partial charge < -0.3 is 10.0 Å². The van der Waals surface area contributed by atoms with E-state index in [1.165, 1.54) is 18.7 Å². The molecule has 1 heterocycles. The predicted octanol–water partition coefficient (Wildman–Crippen LogP) is 1.89. The van der Waals surface area contributed by atoms with Gasteiger partial charge in [-0.15, -0.1) is 0 Å². The summed E-state index contributed by atoms with van der Waals surface area (Å²) in [5, 5.41) is 16.8. The first-order chi connectivity index (χ1) is 9.37. The summed E-state index contributed by atoms with van der Waals surface area (Å²) in [4.78, 5) is 25.2. The topological polar surface area (TPSA) is 86.3 Å². The van der Waals surface area contributed by atoms with Crippen molar-refractivity contribution in [1.82, 2.24) is 15.1 Å². The Morgan fingerprint density at radius 2 is 2.10 bits per heavy atom. The second kappa shape index (κ2) is 4.96. The van der Waals surface area contributed by atoms with Crippen molar-refractivity contribution in [2.75, 3.05) is 6.54 Å². The number of likely N-dealkylation sites (N-methyl/N-ethyl adjacent to an activating group) is 1. The van der Waals surface area contributed by atoms with Crippen LogP contribution in [0, 0.1) is 0 Å². The molecule has 2 N–H and O–H groups in total. The number of carboxylic acid groups (broad SMARTS) is 1. The molecular weight excluding hydrogens is 258 g/mol. The van der Waals surface area contributed by atoms with Crippen LogP contribution < -0.4 is 0 Å². The van der Waals surface area contributed by atoms with Crippen LogP contribution in [0.4, 0.5) is 0 Å². The Morgan fingerprint density at radius 1 is 1.40 bits per heavy atom. The van der Waals surface area contributed by atoms with E-state index in [0.29, 0.717) is 12.1 Å². The Morgan fingerprint density at radius 3 is 2.70 bits per heavy atom. The number of aromatic nitrogens is 2. The van der Waals surface area contributed by atoms with Gasteiger partial charge in [-0.25, -0.2) is 4.79 Å². The zero-order valence-corrected chi connectivity index (χ0v) is 11.7. The van der Waals surface area contributed by atoms with E-state index in [1.54, 1.807) is 31.3 Å². The maximum atomic E-state index is 12.5. The van der Waals surface area contributed by atoms with Crippen molar-refractivity contribution in [2.24, 2.45) is 0 Å². The van der Waals surface area contributed by atoms with E-state index in [9.17, 15) is 14.7 Å². The molecule has 106 valence electrons. The van der Waals surface area contributed by atoms with Crippen LogP contribution in [0.2, 0.25) is 0 Å². The van der Waals surface area contributed by atoms with Gasteiger partial charge in [-0.1, -0.05) is 0 Å². The second-order valence-corrected chi connectivity index (χ2v) is 5.09. The minimum atomic E-state index is -1.25. The van der Waals surface area contributed by atoms with Crippen LogP contribution >= 0.6 is 0 Å². The molecule has 0 saturated heterocycles. The van der Waals surface area contributed by atoms with Gasteiger partial charge in [-0.2, -0.15) is 5.10 Å². The third kappa shape index (κ3) is 2.24. The summed E-state index contributed by atoms with van der Waals surface area (Å²) in [5.41, 5.74) is 0.0363. The second-order valence-electron chi connectivity index (χ2n) is 5.09. The standard InChI is InChI=1S/C14H17N3O3/c1-4-17(14(2,3)13(19)20)12(18)9-5-6-11-10(7-9)8-15-16-11/h5-8H,4H2,1-3H3,(H,15,16)(H,19,20). The zero-order valence-electron chi connectivity index (χ0n) is 11.7. The lowest BCUT2D eigenvalue weighted by Crippen LogP contribution is -2.52. The Balaban J connectivity index is 2.39. The van der Waals surface area contributed by atoms with E-state index >= 15 is 0 Å². The molecule has 0 atom stereocenters. The molecule has 1 aromatic carbocycles. The molecule has 0 radical (unpaired) electrons. The number of hydrogen-bond donors (Lipinski definition) is 2. The highest BCUT2D eigenvalue weighted by Crippen LogP contribution is 2.20. The van der Waals surface area contributed by atoms with Gasteiger partial charge in [0.25, 0.3) is 5.91 Å². The van der Waals surface area contributed by atoms with Gasteiger partial charge in [0.1, 0.15) is 5.54 Å². The van der Waals surface area contributed by atoms with E-state index in [1.807, 2.05) is 0 Å². The average molecular weight is 275 g/mol. The Labute approximate surface area is 116 Å². The van der Waals surface area contributed by atoms with Crippen molar-refractivity contribution in [3.05, 3.63) is 30.0 Å². The number of rotatable bonds is 4. The number of carbonyl (C=O) groups is 2. The van der Waals surface area contributed by atoms with Gasteiger partial charge in [-0.3, -0.25) is 9.89 Å². The summed E-state index contributed by atoms with van der Waals surface area (Å²) in [6, 6.07) is 5.14. The third-order valence-corrected chi connectivity index (χ3v) is 3.45. The summed E-state index contributed by atoms with van der Waals surface area (Å²) in [6.07, 6.45) is 1.63. The number of amides is 1. The molecular formula is C14H17N3O3. The lowest BCUT2D eigenvalue weighted by atomic mass is 10.0. The van der Waals surface area contributed by atoms with Gasteiger partial charge in [-0.05, 0) is 39.0 Å². The minimum Gasteiger partial charge on any atom is -0.480 e. The van der Waals surface area contributed by atoms with E-state index in [2.05, 4.69) is 10.2 Å². The molecule has 2 aromatic rings. The zero-order chi connectivity index (χ0) is 14.9. The minimum absolute atomic E-state index is 0.303. The van der Waals surface area contributed by atoms with Crippen LogP contribution in [0.5, 0.6) is 0 Å². The van der Waals surface area contributed by atoms with E-state index in [4.69, 9.17) is 0 Å². The van der Waals surface area contributed by atoms with Crippen LogP contribution in [-0.2, 0) is 4.79 Å². The maximum Gasteiger partial charge on any atom is 0.329 e. The van der Waals surface area contributed by atoms with Crippen LogP contribution in [0.3, 0.4) is 0 Å². The third-order valence-electron chi connectivity index (χ3n) is 3.45. The normalized spacial score (nSPS) is 11.6. The number of benzene rings is 1. The molecule has 0 aliphatic heterocycles. The molecule has 0 aliphatic carbocycles. The molecule has 0 spiro atoms. The molecule has 1 aromatic heterocycles. The lowest BCUT2D eigenvalue weighted by Gasteiger charge is -2.34. The van der Waals surface area contributed by atoms with Gasteiger partial charge in [0.05, 0.1) is 11.7 Å². The number of fused-ring (bicyclic) bond motifs is 1. The van der Waals surface area contributed by atoms with Crippen LogP contribution in [0.15, 0.2) is 24.4 Å². The molecule has 2 rings (SSSR count). The summed E-state index contributed by atoms with van der Waals surface area (Å²) in [5.74, 6) is -1.33. The van der Waals surface area contributed by atoms with Crippen LogP contribution in [0.25, 0.3) is 10.9 Å². The summed E-state index contributed by atoms with van der Waals surface area (Å²) >= 11 is 0. The van der Waals surface area contributed by atoms with Gasteiger partial charge >= 0.3 is 5.97 Å². The highest BCUT2D eigenvalue weighted by molar-refractivity contribution is 6.00. The highest BCUT2D eigenvalue weighted by atomic mass is 16.4. The fourth-order valence-electron chi connectivity index (χ4n) is 2.14. The number of carboxylic acids is 1. The first kappa shape index (κ1) is 14.0. The molecule has 6 heteroatoms. The van der Waals surface area contributed by atoms with Crippen molar-refractivity contribution >= 4 is 22.8 Å². The molecule has 0 aliphatic rings. The largest absolute Gasteiger partial charge is 0.480 e. The smallest absolute Gasteiger partial charge is 0.329 e. The molecule has 20 heavy (non-hydrogen) atoms. The molecule has 0 bridgehead atoms. The van der Waals surface area contributed by atoms with E-state index in [-0.39, 0.29) is 5.91 Å². The highest BCUT2D eigenvalue weighted by Gasteiger charge is 2.37. The molecule has 0 fully saturated rings. The van der Waals surface area contributed by atoms with Crippen LogP contribution in [-0.4, -0.2) is 44.2 Å². The fraction of sp³-hybridized carbons (Fsp3) is 0.357. The molecule has 1 amide bonds. The van der Waals surface area contributed by atoms with E-state index < -0.39 is 11.5 Å². The predicted molar refractivity (Wildman–Crippen MR) is 74.5 cm³/mol. The fourth-order valence-corrected chi connectivity index (χ4v) is 2.14. The first-order valence-corrected chi connectivity index (χ1v) is 6.36. The summed E-state index contributed by atoms with van der Waals surface area (Å²) in [7, 11) is 0. The van der Waals surface area contributed by atoms with E-state index in [0.717, 1.165) is 10.9 Å². The number of aromatic amines is 1. The summed E-state index contributed by atoms with van der Waals surface area (Å²) < 4.78 is 0. The quantitative estimate of drug-likeness (QED) is 0.892. The summed E-state index contributed by atoms with van der Waals surface area (Å²) in [6.45, 7) is 5.13. The van der Waals surface area contributed by atoms with Crippen LogP contribution in [0.1, 0.15) is 31.1 Å². The Hall–Kier alpha value is -2.37. The average Bonchev–Trinajstić information content (AvgIpc) is 2.85. The monoisotopic (exact) mass is 275 g/mol. The van der Waals surface area contributed by atoms with Crippen molar-refractivity contribution < 1.29 is 14.7 Å². The SMILES string of the molecule is CCN(C(=O)c1ccc2[nH]ncc2c1)C(C)(C)C(=O)O. The van der Waals surface area contributed by atoms with Crippen molar-refractivity contribution in [1.29, 1.82) is 0 Å². The molecule has 6 nitrogen and oxygen atoms in total. The van der Waals surface area contributed by atoms with Gasteiger partial charge in [0.15, 0.2) is 0 Å². The number of nitrogens with zero attached hydrogens (tertiary/aromatic N) is 2. The maximum absolute atomic E-state index is 12.5. The van der Waals surface area contributed by atoms with Crippen molar-refractivity contribution in [3.63, 3.8) is 0 Å². The Bertz CT molecular complexity index is 660. The van der Waals surface area contributed by atoms with Gasteiger partial charge in [0, 0.05) is 17.5 Å². The Kier molecular flexibility index (Phi) is 3.48. The number of nitrogens with one attached hydrogen (secondary N) is 1. The lowest BCUT2D eigenvalue weighted by molar-refractivity contribution is -0.147. The van der Waals surface area contributed by atoms with Crippen molar-refractivity contribution in [2.45, 2.75) is 26.3 Å². The van der Waals surface area contributed by atoms with Gasteiger partial charge in [0.2, 0.25) is 0 Å². The molecule has 0 unspecified atom stereocenters. The number of carbonyl (C=O) groups excluding carboxylic acids is 1. The number of H-pyrrole nitrogens is 1. The number of hydrogen-bond acceptors (Lipinski definition) is 3. The molecule has 0 saturated carbocycles. The first-order valence-electron chi connectivity index (χ1n) is 6.36.